The van der Waals surface area contributed by atoms with E-state index in [1.165, 1.54) is 18.5 Å². The largest absolute Gasteiger partial charge is 0.372 e. The number of anilines is 1. The second kappa shape index (κ2) is 7.78. The van der Waals surface area contributed by atoms with Gasteiger partial charge in [-0.2, -0.15) is 0 Å². The van der Waals surface area contributed by atoms with Crippen molar-refractivity contribution in [2.24, 2.45) is 0 Å². The minimum absolute atomic E-state index is 0.161. The maximum absolute atomic E-state index is 13.1. The summed E-state index contributed by atoms with van der Waals surface area (Å²) in [5.41, 5.74) is 2.00. The van der Waals surface area contributed by atoms with Gasteiger partial charge in [0, 0.05) is 56.4 Å². The van der Waals surface area contributed by atoms with Crippen LogP contribution < -0.4 is 4.90 Å². The molecule has 0 spiro atoms. The molecule has 0 aliphatic carbocycles. The third-order valence-corrected chi connectivity index (χ3v) is 6.68. The lowest BCUT2D eigenvalue weighted by Gasteiger charge is -2.33. The highest BCUT2D eigenvalue weighted by molar-refractivity contribution is 5.95. The van der Waals surface area contributed by atoms with Crippen LogP contribution in [0.4, 0.5) is 5.69 Å². The number of carbonyl (C=O) groups excluding carboxylic acids is 1. The minimum Gasteiger partial charge on any atom is -0.372 e. The first kappa shape index (κ1) is 18.6. The fraction of sp³-hybridized carbons (Fsp3) is 0.591. The van der Waals surface area contributed by atoms with Crippen molar-refractivity contribution in [1.82, 2.24) is 24.6 Å². The zero-order valence-corrected chi connectivity index (χ0v) is 17.3. The fourth-order valence-corrected chi connectivity index (χ4v) is 4.94. The molecule has 1 aromatic heterocycles. The Labute approximate surface area is 172 Å². The Morgan fingerprint density at radius 2 is 1.79 bits per heavy atom. The van der Waals surface area contributed by atoms with Gasteiger partial charge in [-0.3, -0.25) is 9.69 Å². The van der Waals surface area contributed by atoms with Crippen molar-refractivity contribution in [2.45, 2.75) is 44.7 Å². The predicted molar refractivity (Wildman–Crippen MR) is 112 cm³/mol. The van der Waals surface area contributed by atoms with Crippen LogP contribution in [0.5, 0.6) is 0 Å². The summed E-state index contributed by atoms with van der Waals surface area (Å²) in [5.74, 6) is 2.76. The molecule has 3 aliphatic rings. The van der Waals surface area contributed by atoms with Crippen molar-refractivity contribution >= 4 is 11.6 Å². The van der Waals surface area contributed by atoms with Crippen molar-refractivity contribution in [3.05, 3.63) is 41.5 Å². The number of nitrogens with zero attached hydrogens (tertiary/aromatic N) is 6. The number of rotatable bonds is 3. The van der Waals surface area contributed by atoms with Gasteiger partial charge in [0.15, 0.2) is 0 Å². The topological polar surface area (TPSA) is 57.5 Å². The number of amides is 1. The Bertz CT molecular complexity index is 879. The molecule has 29 heavy (non-hydrogen) atoms. The summed E-state index contributed by atoms with van der Waals surface area (Å²) < 4.78 is 2.31. The van der Waals surface area contributed by atoms with Crippen molar-refractivity contribution in [2.75, 3.05) is 44.7 Å². The molecule has 5 rings (SSSR count). The Morgan fingerprint density at radius 1 is 1.00 bits per heavy atom. The first-order chi connectivity index (χ1) is 14.2. The number of aromatic nitrogens is 3. The van der Waals surface area contributed by atoms with E-state index in [0.29, 0.717) is 5.92 Å². The standard InChI is InChI=1S/C22H30N6O/c1-25-13-14-28-20(16-25)23-24-21(28)17-7-11-27(12-8-17)22(29)18-5-4-6-19(15-18)26-9-2-3-10-26/h4-6,15,17H,2-3,7-14,16H2,1H3. The van der Waals surface area contributed by atoms with Crippen LogP contribution in [0.3, 0.4) is 0 Å². The number of hydrogen-bond acceptors (Lipinski definition) is 5. The average Bonchev–Trinajstić information content (AvgIpc) is 3.43. The summed E-state index contributed by atoms with van der Waals surface area (Å²) in [7, 11) is 2.13. The third-order valence-electron chi connectivity index (χ3n) is 6.68. The third kappa shape index (κ3) is 3.64. The Kier molecular flexibility index (Phi) is 4.99. The second-order valence-corrected chi connectivity index (χ2v) is 8.67. The van der Waals surface area contributed by atoms with E-state index >= 15 is 0 Å². The van der Waals surface area contributed by atoms with Gasteiger partial charge >= 0.3 is 0 Å². The SMILES string of the molecule is CN1CCn2c(nnc2C2CCN(C(=O)c3cccc(N4CCCC4)c3)CC2)C1. The number of likely N-dealkylation sites (N-methyl/N-ethyl adjacent to an activating group) is 1. The average molecular weight is 395 g/mol. The summed E-state index contributed by atoms with van der Waals surface area (Å²) in [6.07, 6.45) is 4.42. The molecule has 0 radical (unpaired) electrons. The molecule has 7 nitrogen and oxygen atoms in total. The van der Waals surface area contributed by atoms with Crippen molar-refractivity contribution in [3.63, 3.8) is 0 Å². The van der Waals surface area contributed by atoms with Crippen molar-refractivity contribution in [1.29, 1.82) is 0 Å². The highest BCUT2D eigenvalue weighted by atomic mass is 16.2. The molecule has 154 valence electrons. The van der Waals surface area contributed by atoms with Crippen LogP contribution in [-0.4, -0.2) is 70.2 Å². The number of piperidine rings is 1. The lowest BCUT2D eigenvalue weighted by Crippen LogP contribution is -2.39. The van der Waals surface area contributed by atoms with Crippen LogP contribution >= 0.6 is 0 Å². The molecule has 4 heterocycles. The summed E-state index contributed by atoms with van der Waals surface area (Å²) in [6, 6.07) is 8.18. The summed E-state index contributed by atoms with van der Waals surface area (Å²) in [4.78, 5) is 19.8. The quantitative estimate of drug-likeness (QED) is 0.800. The monoisotopic (exact) mass is 394 g/mol. The zero-order valence-electron chi connectivity index (χ0n) is 17.3. The first-order valence-corrected chi connectivity index (χ1v) is 10.9. The number of carbonyl (C=O) groups is 1. The van der Waals surface area contributed by atoms with Gasteiger partial charge < -0.3 is 14.4 Å². The van der Waals surface area contributed by atoms with Crippen LogP contribution in [0, 0.1) is 0 Å². The normalized spacial score (nSPS) is 20.9. The molecular formula is C22H30N6O. The smallest absolute Gasteiger partial charge is 0.253 e. The van der Waals surface area contributed by atoms with Gasteiger partial charge in [-0.25, -0.2) is 0 Å². The molecule has 2 saturated heterocycles. The van der Waals surface area contributed by atoms with Gasteiger partial charge in [-0.15, -0.1) is 10.2 Å². The summed E-state index contributed by atoms with van der Waals surface area (Å²) >= 11 is 0. The van der Waals surface area contributed by atoms with Crippen LogP contribution in [0.2, 0.25) is 0 Å². The van der Waals surface area contributed by atoms with Crippen LogP contribution in [-0.2, 0) is 13.1 Å². The second-order valence-electron chi connectivity index (χ2n) is 8.67. The molecule has 0 N–H and O–H groups in total. The van der Waals surface area contributed by atoms with Gasteiger partial charge in [0.2, 0.25) is 0 Å². The number of fused-ring (bicyclic) bond motifs is 1. The Hall–Kier alpha value is -2.41. The number of likely N-dealkylation sites (tertiary alicyclic amines) is 1. The van der Waals surface area contributed by atoms with Gasteiger partial charge in [-0.05, 0) is 50.9 Å². The van der Waals surface area contributed by atoms with Crippen molar-refractivity contribution in [3.8, 4) is 0 Å². The predicted octanol–water partition coefficient (Wildman–Crippen LogP) is 2.34. The van der Waals surface area contributed by atoms with E-state index in [0.717, 1.165) is 75.9 Å². The van der Waals surface area contributed by atoms with E-state index in [1.807, 2.05) is 17.0 Å². The van der Waals surface area contributed by atoms with E-state index in [9.17, 15) is 4.79 Å². The summed E-state index contributed by atoms with van der Waals surface area (Å²) in [5, 5.41) is 8.93. The zero-order chi connectivity index (χ0) is 19.8. The van der Waals surface area contributed by atoms with Gasteiger partial charge in [0.05, 0.1) is 6.54 Å². The highest BCUT2D eigenvalue weighted by Gasteiger charge is 2.30. The Morgan fingerprint density at radius 3 is 2.59 bits per heavy atom. The molecule has 0 atom stereocenters. The number of hydrogen-bond donors (Lipinski definition) is 0. The van der Waals surface area contributed by atoms with E-state index < -0.39 is 0 Å². The molecule has 0 unspecified atom stereocenters. The molecule has 0 bridgehead atoms. The first-order valence-electron chi connectivity index (χ1n) is 10.9. The fourth-order valence-electron chi connectivity index (χ4n) is 4.94. The molecule has 0 saturated carbocycles. The minimum atomic E-state index is 0.161. The van der Waals surface area contributed by atoms with Crippen molar-refractivity contribution < 1.29 is 4.79 Å². The van der Waals surface area contributed by atoms with E-state index in [4.69, 9.17) is 0 Å². The number of benzene rings is 1. The van der Waals surface area contributed by atoms with Crippen LogP contribution in [0.1, 0.15) is 53.6 Å². The molecule has 2 fully saturated rings. The van der Waals surface area contributed by atoms with Crippen LogP contribution in [0.15, 0.2) is 24.3 Å². The van der Waals surface area contributed by atoms with E-state index in [-0.39, 0.29) is 5.91 Å². The maximum atomic E-state index is 13.1. The Balaban J connectivity index is 1.24. The maximum Gasteiger partial charge on any atom is 0.253 e. The van der Waals surface area contributed by atoms with E-state index in [2.05, 4.69) is 43.7 Å². The molecule has 1 aromatic carbocycles. The summed E-state index contributed by atoms with van der Waals surface area (Å²) in [6.45, 7) is 6.67. The van der Waals surface area contributed by atoms with Crippen LogP contribution in [0.25, 0.3) is 0 Å². The molecular weight excluding hydrogens is 364 g/mol. The molecule has 1 amide bonds. The van der Waals surface area contributed by atoms with E-state index in [1.54, 1.807) is 0 Å². The van der Waals surface area contributed by atoms with Gasteiger partial charge in [0.1, 0.15) is 11.6 Å². The van der Waals surface area contributed by atoms with Gasteiger partial charge in [-0.1, -0.05) is 6.07 Å². The molecule has 3 aliphatic heterocycles. The highest BCUT2D eigenvalue weighted by Crippen LogP contribution is 2.29. The lowest BCUT2D eigenvalue weighted by molar-refractivity contribution is 0.0709. The molecule has 7 heteroatoms. The van der Waals surface area contributed by atoms with Gasteiger partial charge in [0.25, 0.3) is 5.91 Å². The lowest BCUT2D eigenvalue weighted by atomic mass is 9.95. The molecule has 2 aromatic rings.